The number of benzene rings is 3. The lowest BCUT2D eigenvalue weighted by molar-refractivity contribution is 0.0976. The van der Waals surface area contributed by atoms with Crippen molar-refractivity contribution < 1.29 is 14.3 Å². The summed E-state index contributed by atoms with van der Waals surface area (Å²) >= 11 is 5.26. The van der Waals surface area contributed by atoms with Gasteiger partial charge in [0.15, 0.2) is 5.11 Å². The minimum atomic E-state index is -0.282. The van der Waals surface area contributed by atoms with E-state index in [0.29, 0.717) is 28.3 Å². The van der Waals surface area contributed by atoms with Gasteiger partial charge in [0.25, 0.3) is 11.8 Å². The Morgan fingerprint density at radius 3 is 1.97 bits per heavy atom. The van der Waals surface area contributed by atoms with Gasteiger partial charge in [0, 0.05) is 22.5 Å². The lowest BCUT2D eigenvalue weighted by atomic mass is 9.87. The molecular formula is C26H27N3O3S. The molecule has 2 amide bonds. The molecule has 0 atom stereocenters. The van der Waals surface area contributed by atoms with Gasteiger partial charge in [-0.1, -0.05) is 39.0 Å². The zero-order chi connectivity index (χ0) is 24.0. The van der Waals surface area contributed by atoms with Gasteiger partial charge in [-0.05, 0) is 77.8 Å². The fraction of sp³-hybridized carbons (Fsp3) is 0.192. The van der Waals surface area contributed by atoms with E-state index in [1.54, 1.807) is 67.8 Å². The Bertz CT molecular complexity index is 1150. The molecule has 0 spiro atoms. The first kappa shape index (κ1) is 23.9. The zero-order valence-electron chi connectivity index (χ0n) is 19.1. The van der Waals surface area contributed by atoms with Crippen LogP contribution in [0.15, 0.2) is 72.8 Å². The number of rotatable bonds is 5. The molecule has 0 fully saturated rings. The van der Waals surface area contributed by atoms with Crippen molar-refractivity contribution in [2.75, 3.05) is 17.7 Å². The number of anilines is 2. The molecule has 0 aliphatic heterocycles. The van der Waals surface area contributed by atoms with Gasteiger partial charge in [-0.3, -0.25) is 14.9 Å². The predicted molar refractivity (Wildman–Crippen MR) is 136 cm³/mol. The maximum atomic E-state index is 12.5. The van der Waals surface area contributed by atoms with Crippen molar-refractivity contribution in [1.29, 1.82) is 0 Å². The Morgan fingerprint density at radius 1 is 0.788 bits per heavy atom. The Morgan fingerprint density at radius 2 is 1.39 bits per heavy atom. The minimum absolute atomic E-state index is 0.0193. The lowest BCUT2D eigenvalue weighted by Crippen LogP contribution is -2.34. The number of thiocarbonyl (C=S) groups is 1. The molecule has 3 aromatic carbocycles. The summed E-state index contributed by atoms with van der Waals surface area (Å²) in [5.74, 6) is 0.0907. The Balaban J connectivity index is 1.55. The SMILES string of the molecule is COc1cccc(C(=O)Nc2ccc(NC(=S)NC(=O)c3ccc(C(C)(C)C)cc3)cc2)c1. The normalized spacial score (nSPS) is 10.8. The third-order valence-corrected chi connectivity index (χ3v) is 5.18. The maximum Gasteiger partial charge on any atom is 0.257 e. The van der Waals surface area contributed by atoms with Crippen molar-refractivity contribution in [3.63, 3.8) is 0 Å². The van der Waals surface area contributed by atoms with Crippen molar-refractivity contribution in [2.45, 2.75) is 26.2 Å². The van der Waals surface area contributed by atoms with Crippen LogP contribution in [0.2, 0.25) is 0 Å². The fourth-order valence-electron chi connectivity index (χ4n) is 3.06. The molecule has 0 bridgehead atoms. The second kappa shape index (κ2) is 10.3. The fourth-order valence-corrected chi connectivity index (χ4v) is 3.27. The highest BCUT2D eigenvalue weighted by molar-refractivity contribution is 7.80. The van der Waals surface area contributed by atoms with E-state index >= 15 is 0 Å². The summed E-state index contributed by atoms with van der Waals surface area (Å²) in [6.07, 6.45) is 0. The molecule has 0 unspecified atom stereocenters. The van der Waals surface area contributed by atoms with Crippen molar-refractivity contribution in [3.8, 4) is 5.75 Å². The van der Waals surface area contributed by atoms with Gasteiger partial charge in [-0.15, -0.1) is 0 Å². The molecule has 0 radical (unpaired) electrons. The molecule has 7 heteroatoms. The van der Waals surface area contributed by atoms with Gasteiger partial charge < -0.3 is 15.4 Å². The maximum absolute atomic E-state index is 12.5. The van der Waals surface area contributed by atoms with Crippen molar-refractivity contribution in [1.82, 2.24) is 5.32 Å². The Labute approximate surface area is 199 Å². The van der Waals surface area contributed by atoms with E-state index in [9.17, 15) is 9.59 Å². The largest absolute Gasteiger partial charge is 0.497 e. The van der Waals surface area contributed by atoms with E-state index in [0.717, 1.165) is 5.56 Å². The summed E-state index contributed by atoms with van der Waals surface area (Å²) < 4.78 is 5.15. The number of hydrogen-bond donors (Lipinski definition) is 3. The molecule has 0 saturated carbocycles. The standard InChI is InChI=1S/C26H27N3O3S/c1-26(2,3)19-10-8-17(9-11-19)23(30)29-25(33)28-21-14-12-20(13-15-21)27-24(31)18-6-5-7-22(16-18)32-4/h5-16H,1-4H3,(H,27,31)(H2,28,29,30,33). The smallest absolute Gasteiger partial charge is 0.257 e. The van der Waals surface area contributed by atoms with Crippen molar-refractivity contribution in [2.24, 2.45) is 0 Å². The van der Waals surface area contributed by atoms with Crippen LogP contribution >= 0.6 is 12.2 Å². The lowest BCUT2D eigenvalue weighted by Gasteiger charge is -2.19. The monoisotopic (exact) mass is 461 g/mol. The van der Waals surface area contributed by atoms with E-state index < -0.39 is 0 Å². The van der Waals surface area contributed by atoms with Crippen molar-refractivity contribution in [3.05, 3.63) is 89.5 Å². The number of hydrogen-bond acceptors (Lipinski definition) is 4. The summed E-state index contributed by atoms with van der Waals surface area (Å²) in [6, 6.07) is 21.4. The summed E-state index contributed by atoms with van der Waals surface area (Å²) in [7, 11) is 1.55. The molecular weight excluding hydrogens is 434 g/mol. The van der Waals surface area contributed by atoms with Crippen LogP contribution in [0.4, 0.5) is 11.4 Å². The van der Waals surface area contributed by atoms with Crippen LogP contribution in [0.3, 0.4) is 0 Å². The Kier molecular flexibility index (Phi) is 7.45. The van der Waals surface area contributed by atoms with Gasteiger partial charge in [0.2, 0.25) is 0 Å². The molecule has 3 rings (SSSR count). The molecule has 33 heavy (non-hydrogen) atoms. The van der Waals surface area contributed by atoms with E-state index in [1.165, 1.54) is 0 Å². The summed E-state index contributed by atoms with van der Waals surface area (Å²) in [5, 5.41) is 8.68. The highest BCUT2D eigenvalue weighted by Crippen LogP contribution is 2.22. The number of methoxy groups -OCH3 is 1. The molecule has 170 valence electrons. The van der Waals surface area contributed by atoms with Crippen LogP contribution < -0.4 is 20.7 Å². The summed E-state index contributed by atoms with van der Waals surface area (Å²) in [6.45, 7) is 6.37. The van der Waals surface area contributed by atoms with E-state index in [-0.39, 0.29) is 22.3 Å². The first-order chi connectivity index (χ1) is 15.7. The number of carbonyl (C=O) groups is 2. The third kappa shape index (κ3) is 6.63. The second-order valence-electron chi connectivity index (χ2n) is 8.50. The first-order valence-corrected chi connectivity index (χ1v) is 10.8. The molecule has 0 aliphatic carbocycles. The molecule has 0 aliphatic rings. The molecule has 0 aromatic heterocycles. The number of amides is 2. The first-order valence-electron chi connectivity index (χ1n) is 10.4. The summed E-state index contributed by atoms with van der Waals surface area (Å²) in [5.41, 5.74) is 3.51. The van der Waals surface area contributed by atoms with Gasteiger partial charge in [0.1, 0.15) is 5.75 Å². The van der Waals surface area contributed by atoms with Crippen LogP contribution in [-0.2, 0) is 5.41 Å². The van der Waals surface area contributed by atoms with Crippen molar-refractivity contribution >= 4 is 40.5 Å². The number of ether oxygens (including phenoxy) is 1. The number of nitrogens with one attached hydrogen (secondary N) is 3. The quantitative estimate of drug-likeness (QED) is 0.445. The average molecular weight is 462 g/mol. The second-order valence-corrected chi connectivity index (χ2v) is 8.91. The van der Waals surface area contributed by atoms with E-state index in [4.69, 9.17) is 17.0 Å². The third-order valence-electron chi connectivity index (χ3n) is 4.97. The molecule has 0 heterocycles. The zero-order valence-corrected chi connectivity index (χ0v) is 19.9. The minimum Gasteiger partial charge on any atom is -0.497 e. The number of carbonyl (C=O) groups excluding carboxylic acids is 2. The summed E-state index contributed by atoms with van der Waals surface area (Å²) in [4.78, 5) is 24.9. The predicted octanol–water partition coefficient (Wildman–Crippen LogP) is 5.37. The van der Waals surface area contributed by atoms with Gasteiger partial charge >= 0.3 is 0 Å². The topological polar surface area (TPSA) is 79.5 Å². The van der Waals surface area contributed by atoms with Gasteiger partial charge in [-0.25, -0.2) is 0 Å². The van der Waals surface area contributed by atoms with Crippen LogP contribution in [-0.4, -0.2) is 24.0 Å². The van der Waals surface area contributed by atoms with Crippen LogP contribution in [0.1, 0.15) is 47.1 Å². The highest BCUT2D eigenvalue weighted by atomic mass is 32.1. The Hall–Kier alpha value is -3.71. The van der Waals surface area contributed by atoms with Crippen LogP contribution in [0, 0.1) is 0 Å². The van der Waals surface area contributed by atoms with E-state index in [2.05, 4.69) is 36.7 Å². The van der Waals surface area contributed by atoms with Gasteiger partial charge in [0.05, 0.1) is 7.11 Å². The molecule has 0 saturated heterocycles. The van der Waals surface area contributed by atoms with E-state index in [1.807, 2.05) is 12.1 Å². The van der Waals surface area contributed by atoms with Gasteiger partial charge in [-0.2, -0.15) is 0 Å². The molecule has 6 nitrogen and oxygen atoms in total. The molecule has 3 aromatic rings. The van der Waals surface area contributed by atoms with Crippen LogP contribution in [0.5, 0.6) is 5.75 Å². The average Bonchev–Trinajstić information content (AvgIpc) is 2.79. The van der Waals surface area contributed by atoms with Crippen LogP contribution in [0.25, 0.3) is 0 Å². The molecule has 3 N–H and O–H groups in total. The highest BCUT2D eigenvalue weighted by Gasteiger charge is 2.15.